The lowest BCUT2D eigenvalue weighted by Crippen LogP contribution is -2.02. The molecule has 2 aromatic rings. The molecular formula is C32H52O3S. The Morgan fingerprint density at radius 3 is 1.53 bits per heavy atom. The van der Waals surface area contributed by atoms with Gasteiger partial charge in [-0.05, 0) is 48.3 Å². The van der Waals surface area contributed by atoms with Crippen LogP contribution in [0.25, 0.3) is 10.8 Å². The summed E-state index contributed by atoms with van der Waals surface area (Å²) in [4.78, 5) is 0.0305. The summed E-state index contributed by atoms with van der Waals surface area (Å²) < 4.78 is 33.7. The Kier molecular flexibility index (Phi) is 15.4. The second-order valence-corrected chi connectivity index (χ2v) is 12.1. The molecule has 2 aromatic carbocycles. The Balaban J connectivity index is 1.96. The average molecular weight is 517 g/mol. The van der Waals surface area contributed by atoms with Crippen LogP contribution >= 0.6 is 0 Å². The smallest absolute Gasteiger partial charge is 0.282 e. The monoisotopic (exact) mass is 516 g/mol. The molecular weight excluding hydrogens is 464 g/mol. The van der Waals surface area contributed by atoms with E-state index in [0.717, 1.165) is 24.6 Å². The maximum Gasteiger partial charge on any atom is 0.295 e. The number of unbranched alkanes of at least 4 members (excludes halogenated alkanes) is 16. The molecule has 3 nitrogen and oxygen atoms in total. The molecule has 0 aliphatic heterocycles. The van der Waals surface area contributed by atoms with Crippen LogP contribution in [0.4, 0.5) is 0 Å². The zero-order valence-corrected chi connectivity index (χ0v) is 24.0. The zero-order valence-electron chi connectivity index (χ0n) is 23.2. The molecule has 0 aliphatic rings. The van der Waals surface area contributed by atoms with Gasteiger partial charge < -0.3 is 0 Å². The van der Waals surface area contributed by atoms with Gasteiger partial charge in [0.1, 0.15) is 4.90 Å². The van der Waals surface area contributed by atoms with E-state index >= 15 is 0 Å². The predicted molar refractivity (Wildman–Crippen MR) is 156 cm³/mol. The van der Waals surface area contributed by atoms with Crippen molar-refractivity contribution in [2.24, 2.45) is 0 Å². The number of hydrogen-bond acceptors (Lipinski definition) is 2. The highest BCUT2D eigenvalue weighted by molar-refractivity contribution is 7.86. The minimum Gasteiger partial charge on any atom is -0.282 e. The second-order valence-electron chi connectivity index (χ2n) is 10.7. The highest BCUT2D eigenvalue weighted by atomic mass is 32.2. The van der Waals surface area contributed by atoms with Gasteiger partial charge in [-0.2, -0.15) is 8.42 Å². The molecule has 0 heterocycles. The van der Waals surface area contributed by atoms with Gasteiger partial charge in [0.25, 0.3) is 10.1 Å². The van der Waals surface area contributed by atoms with E-state index in [-0.39, 0.29) is 4.90 Å². The summed E-state index contributed by atoms with van der Waals surface area (Å²) in [6, 6.07) is 9.34. The first-order valence-corrected chi connectivity index (χ1v) is 16.4. The Labute approximate surface area is 222 Å². The van der Waals surface area contributed by atoms with Gasteiger partial charge in [-0.25, -0.2) is 0 Å². The molecule has 36 heavy (non-hydrogen) atoms. The second kappa shape index (κ2) is 18.0. The fourth-order valence-corrected chi connectivity index (χ4v) is 6.14. The van der Waals surface area contributed by atoms with E-state index in [4.69, 9.17) is 0 Å². The van der Waals surface area contributed by atoms with E-state index < -0.39 is 10.1 Å². The molecule has 0 radical (unpaired) electrons. The molecule has 0 saturated carbocycles. The van der Waals surface area contributed by atoms with Gasteiger partial charge in [-0.3, -0.25) is 4.55 Å². The quantitative estimate of drug-likeness (QED) is 0.133. The molecule has 0 atom stereocenters. The summed E-state index contributed by atoms with van der Waals surface area (Å²) in [7, 11) is -4.24. The summed E-state index contributed by atoms with van der Waals surface area (Å²) in [5.41, 5.74) is 2.65. The molecule has 0 aliphatic carbocycles. The number of rotatable bonds is 21. The van der Waals surface area contributed by atoms with E-state index in [9.17, 15) is 13.0 Å². The number of benzene rings is 2. The van der Waals surface area contributed by atoms with Crippen molar-refractivity contribution >= 4 is 20.9 Å². The molecule has 0 bridgehead atoms. The van der Waals surface area contributed by atoms with Gasteiger partial charge in [0.2, 0.25) is 0 Å². The fraction of sp³-hybridized carbons (Fsp3) is 0.688. The fourth-order valence-electron chi connectivity index (χ4n) is 5.43. The lowest BCUT2D eigenvalue weighted by atomic mass is 9.91. The van der Waals surface area contributed by atoms with E-state index in [1.807, 2.05) is 12.1 Å². The molecule has 4 heteroatoms. The highest BCUT2D eigenvalue weighted by Gasteiger charge is 2.16. The van der Waals surface area contributed by atoms with Crippen molar-refractivity contribution in [1.29, 1.82) is 0 Å². The largest absolute Gasteiger partial charge is 0.295 e. The van der Waals surface area contributed by atoms with Crippen molar-refractivity contribution in [2.75, 3.05) is 0 Å². The van der Waals surface area contributed by atoms with Gasteiger partial charge >= 0.3 is 0 Å². The van der Waals surface area contributed by atoms with E-state index in [2.05, 4.69) is 19.9 Å². The number of hydrogen-bond donors (Lipinski definition) is 1. The minimum absolute atomic E-state index is 0.0305. The van der Waals surface area contributed by atoms with Crippen molar-refractivity contribution in [3.05, 3.63) is 41.5 Å². The van der Waals surface area contributed by atoms with Gasteiger partial charge in [0, 0.05) is 5.39 Å². The number of fused-ring (bicyclic) bond motifs is 1. The summed E-state index contributed by atoms with van der Waals surface area (Å²) in [6.45, 7) is 4.52. The third-order valence-corrected chi connectivity index (χ3v) is 8.50. The third kappa shape index (κ3) is 11.3. The molecule has 2 rings (SSSR count). The van der Waals surface area contributed by atoms with Crippen LogP contribution in [0.3, 0.4) is 0 Å². The first-order valence-electron chi connectivity index (χ1n) is 15.0. The van der Waals surface area contributed by atoms with Crippen molar-refractivity contribution in [3.8, 4) is 0 Å². The Bertz CT molecular complexity index is 965. The maximum atomic E-state index is 12.0. The normalized spacial score (nSPS) is 12.0. The molecule has 0 amide bonds. The van der Waals surface area contributed by atoms with Crippen LogP contribution in [0, 0.1) is 0 Å². The van der Waals surface area contributed by atoms with Gasteiger partial charge in [0.05, 0.1) is 0 Å². The van der Waals surface area contributed by atoms with Crippen molar-refractivity contribution in [3.63, 3.8) is 0 Å². The van der Waals surface area contributed by atoms with Crippen LogP contribution in [-0.4, -0.2) is 13.0 Å². The van der Waals surface area contributed by atoms with Crippen molar-refractivity contribution < 1.29 is 13.0 Å². The SMILES string of the molecule is CCCCCCCCCCCc1ccc2c(S(=O)(=O)O)cccc2c1CCCCCCCCCCC. The standard InChI is InChI=1S/C32H52O3S/c1-3-5-7-9-11-13-15-17-19-22-28-26-27-31-30(24-21-25-32(31)36(33,34)35)29(28)23-20-18-16-14-12-10-8-6-4-2/h21,24-27H,3-20,22-23H2,1-2H3,(H,33,34,35). The summed E-state index contributed by atoms with van der Waals surface area (Å²) in [5, 5.41) is 1.65. The topological polar surface area (TPSA) is 54.4 Å². The molecule has 0 fully saturated rings. The van der Waals surface area contributed by atoms with Crippen LogP contribution in [0.2, 0.25) is 0 Å². The zero-order chi connectivity index (χ0) is 26.1. The van der Waals surface area contributed by atoms with Crippen LogP contribution < -0.4 is 0 Å². The van der Waals surface area contributed by atoms with Crippen LogP contribution in [-0.2, 0) is 23.0 Å². The van der Waals surface area contributed by atoms with Crippen LogP contribution in [0.1, 0.15) is 141 Å². The van der Waals surface area contributed by atoms with E-state index in [1.165, 1.54) is 126 Å². The molecule has 0 saturated heterocycles. The molecule has 0 spiro atoms. The van der Waals surface area contributed by atoms with Crippen LogP contribution in [0.15, 0.2) is 35.2 Å². The van der Waals surface area contributed by atoms with Gasteiger partial charge in [-0.15, -0.1) is 0 Å². The molecule has 1 N–H and O–H groups in total. The summed E-state index contributed by atoms with van der Waals surface area (Å²) >= 11 is 0. The summed E-state index contributed by atoms with van der Waals surface area (Å²) in [5.74, 6) is 0. The Hall–Kier alpha value is -1.39. The molecule has 0 aromatic heterocycles. The van der Waals surface area contributed by atoms with E-state index in [0.29, 0.717) is 5.39 Å². The maximum absolute atomic E-state index is 12.0. The lowest BCUT2D eigenvalue weighted by Gasteiger charge is -2.15. The van der Waals surface area contributed by atoms with E-state index in [1.54, 1.807) is 6.07 Å². The van der Waals surface area contributed by atoms with Gasteiger partial charge in [-0.1, -0.05) is 141 Å². The van der Waals surface area contributed by atoms with Gasteiger partial charge in [0.15, 0.2) is 0 Å². The predicted octanol–water partition coefficient (Wildman–Crippen LogP) is 10.2. The Morgan fingerprint density at radius 2 is 1.03 bits per heavy atom. The number of aryl methyl sites for hydroxylation is 2. The van der Waals surface area contributed by atoms with Crippen molar-refractivity contribution in [1.82, 2.24) is 0 Å². The van der Waals surface area contributed by atoms with Crippen molar-refractivity contribution in [2.45, 2.75) is 147 Å². The summed E-state index contributed by atoms with van der Waals surface area (Å²) in [6.07, 6.45) is 25.6. The highest BCUT2D eigenvalue weighted by Crippen LogP contribution is 2.30. The first-order chi connectivity index (χ1) is 17.5. The third-order valence-electron chi connectivity index (χ3n) is 7.59. The lowest BCUT2D eigenvalue weighted by molar-refractivity contribution is 0.484. The minimum atomic E-state index is -4.24. The Morgan fingerprint density at radius 1 is 0.556 bits per heavy atom. The molecule has 0 unspecified atom stereocenters. The van der Waals surface area contributed by atoms with Crippen LogP contribution in [0.5, 0.6) is 0 Å². The average Bonchev–Trinajstić information content (AvgIpc) is 2.86. The first kappa shape index (κ1) is 30.8. The molecule has 204 valence electrons.